The van der Waals surface area contributed by atoms with Crippen LogP contribution in [0, 0.1) is 0 Å². The molecular formula is C21H24O2. The molecule has 23 heavy (non-hydrogen) atoms. The van der Waals surface area contributed by atoms with Gasteiger partial charge in [0.05, 0.1) is 5.92 Å². The van der Waals surface area contributed by atoms with Crippen molar-refractivity contribution in [2.75, 3.05) is 0 Å². The molecule has 0 bridgehead atoms. The minimum absolute atomic E-state index is 0.107. The summed E-state index contributed by atoms with van der Waals surface area (Å²) in [7, 11) is 0. The monoisotopic (exact) mass is 308 g/mol. The Morgan fingerprint density at radius 1 is 1.00 bits per heavy atom. The smallest absolute Gasteiger partial charge is 0.313 e. The fourth-order valence-corrected chi connectivity index (χ4v) is 3.32. The van der Waals surface area contributed by atoms with E-state index in [0.29, 0.717) is 0 Å². The molecule has 2 nitrogen and oxygen atoms in total. The number of hydrogen-bond acceptors (Lipinski definition) is 2. The van der Waals surface area contributed by atoms with Gasteiger partial charge < -0.3 is 4.74 Å². The molecule has 120 valence electrons. The molecule has 1 atom stereocenters. The zero-order valence-corrected chi connectivity index (χ0v) is 14.1. The number of ether oxygens (including phenoxy) is 1. The van der Waals surface area contributed by atoms with E-state index >= 15 is 0 Å². The second-order valence-electron chi connectivity index (χ2n) is 7.22. The fourth-order valence-electron chi connectivity index (χ4n) is 3.32. The highest BCUT2D eigenvalue weighted by Crippen LogP contribution is 2.38. The molecule has 1 unspecified atom stereocenters. The number of fused-ring (bicyclic) bond motifs is 3. The molecule has 1 aliphatic rings. The van der Waals surface area contributed by atoms with Crippen molar-refractivity contribution in [1.82, 2.24) is 0 Å². The average molecular weight is 308 g/mol. The normalized spacial score (nSPS) is 17.4. The lowest BCUT2D eigenvalue weighted by Crippen LogP contribution is -2.28. The summed E-state index contributed by atoms with van der Waals surface area (Å²) in [6.45, 7) is 5.78. The lowest BCUT2D eigenvalue weighted by molar-refractivity contribution is -0.157. The SMILES string of the molecule is CC(C)(C)OC(=O)C1CCCc2ccccc2-c2ccccc21. The molecule has 0 heterocycles. The van der Waals surface area contributed by atoms with Crippen molar-refractivity contribution in [2.45, 2.75) is 51.6 Å². The average Bonchev–Trinajstić information content (AvgIpc) is 2.48. The third-order valence-corrected chi connectivity index (χ3v) is 4.27. The molecule has 0 aliphatic heterocycles. The second-order valence-corrected chi connectivity index (χ2v) is 7.22. The van der Waals surface area contributed by atoms with E-state index < -0.39 is 5.60 Å². The lowest BCUT2D eigenvalue weighted by atomic mass is 9.82. The zero-order valence-electron chi connectivity index (χ0n) is 14.1. The van der Waals surface area contributed by atoms with Gasteiger partial charge in [0.2, 0.25) is 0 Å². The summed E-state index contributed by atoms with van der Waals surface area (Å²) in [6, 6.07) is 16.8. The van der Waals surface area contributed by atoms with Crippen molar-refractivity contribution in [3.8, 4) is 11.1 Å². The van der Waals surface area contributed by atoms with Gasteiger partial charge in [0.15, 0.2) is 0 Å². The molecule has 0 fully saturated rings. The summed E-state index contributed by atoms with van der Waals surface area (Å²) in [5, 5.41) is 0. The van der Waals surface area contributed by atoms with Crippen molar-refractivity contribution in [2.24, 2.45) is 0 Å². The number of aryl methyl sites for hydroxylation is 1. The Morgan fingerprint density at radius 2 is 1.65 bits per heavy atom. The number of carbonyl (C=O) groups excluding carboxylic acids is 1. The van der Waals surface area contributed by atoms with Gasteiger partial charge in [0.25, 0.3) is 0 Å². The molecule has 2 aromatic rings. The second kappa shape index (κ2) is 6.19. The Bertz CT molecular complexity index is 710. The number of esters is 1. The lowest BCUT2D eigenvalue weighted by Gasteiger charge is -2.27. The Kier molecular flexibility index (Phi) is 4.25. The van der Waals surface area contributed by atoms with Crippen molar-refractivity contribution in [3.05, 3.63) is 59.7 Å². The van der Waals surface area contributed by atoms with E-state index in [-0.39, 0.29) is 11.9 Å². The van der Waals surface area contributed by atoms with Crippen molar-refractivity contribution < 1.29 is 9.53 Å². The molecule has 0 saturated heterocycles. The minimum atomic E-state index is -0.452. The first-order valence-corrected chi connectivity index (χ1v) is 8.36. The van der Waals surface area contributed by atoms with Crippen LogP contribution in [-0.2, 0) is 16.0 Å². The predicted molar refractivity (Wildman–Crippen MR) is 93.4 cm³/mol. The van der Waals surface area contributed by atoms with Crippen LogP contribution in [0.25, 0.3) is 11.1 Å². The maximum atomic E-state index is 12.7. The van der Waals surface area contributed by atoms with Crippen LogP contribution in [0.2, 0.25) is 0 Å². The molecule has 0 amide bonds. The van der Waals surface area contributed by atoms with Crippen LogP contribution < -0.4 is 0 Å². The Labute approximate surface area is 138 Å². The van der Waals surface area contributed by atoms with Crippen LogP contribution >= 0.6 is 0 Å². The standard InChI is InChI=1S/C21H24O2/c1-21(2,3)23-20(22)19-14-8-10-15-9-4-5-11-16(15)17-12-6-7-13-18(17)19/h4-7,9,11-13,19H,8,10,14H2,1-3H3. The summed E-state index contributed by atoms with van der Waals surface area (Å²) in [4.78, 5) is 12.7. The van der Waals surface area contributed by atoms with E-state index in [1.165, 1.54) is 16.7 Å². The summed E-state index contributed by atoms with van der Waals surface area (Å²) in [5.41, 5.74) is 4.42. The van der Waals surface area contributed by atoms with Crippen LogP contribution in [0.15, 0.2) is 48.5 Å². The Morgan fingerprint density at radius 3 is 2.39 bits per heavy atom. The molecule has 0 radical (unpaired) electrons. The Balaban J connectivity index is 2.06. The van der Waals surface area contributed by atoms with Gasteiger partial charge in [-0.2, -0.15) is 0 Å². The molecule has 0 spiro atoms. The maximum Gasteiger partial charge on any atom is 0.313 e. The fraction of sp³-hybridized carbons (Fsp3) is 0.381. The van der Waals surface area contributed by atoms with E-state index in [1.807, 2.05) is 32.9 Å². The molecule has 2 aromatic carbocycles. The first kappa shape index (κ1) is 15.8. The van der Waals surface area contributed by atoms with Gasteiger partial charge in [0, 0.05) is 0 Å². The summed E-state index contributed by atoms with van der Waals surface area (Å²) in [5.74, 6) is -0.289. The molecule has 0 N–H and O–H groups in total. The van der Waals surface area contributed by atoms with Gasteiger partial charge in [-0.15, -0.1) is 0 Å². The van der Waals surface area contributed by atoms with Crippen molar-refractivity contribution in [3.63, 3.8) is 0 Å². The van der Waals surface area contributed by atoms with Gasteiger partial charge in [-0.05, 0) is 62.3 Å². The van der Waals surface area contributed by atoms with Gasteiger partial charge in [-0.25, -0.2) is 0 Å². The quantitative estimate of drug-likeness (QED) is 0.684. The van der Waals surface area contributed by atoms with E-state index in [9.17, 15) is 4.79 Å². The molecule has 2 heteroatoms. The summed E-state index contributed by atoms with van der Waals surface area (Å²) in [6.07, 6.45) is 2.83. The van der Waals surface area contributed by atoms with Crippen LogP contribution in [0.3, 0.4) is 0 Å². The Hall–Kier alpha value is -2.09. The first-order valence-electron chi connectivity index (χ1n) is 8.36. The van der Waals surface area contributed by atoms with Crippen LogP contribution in [-0.4, -0.2) is 11.6 Å². The minimum Gasteiger partial charge on any atom is -0.459 e. The molecule has 3 rings (SSSR count). The highest BCUT2D eigenvalue weighted by molar-refractivity contribution is 5.83. The number of rotatable bonds is 1. The van der Waals surface area contributed by atoms with E-state index in [1.54, 1.807) is 0 Å². The third kappa shape index (κ3) is 3.47. The molecular weight excluding hydrogens is 284 g/mol. The highest BCUT2D eigenvalue weighted by Gasteiger charge is 2.29. The largest absolute Gasteiger partial charge is 0.459 e. The topological polar surface area (TPSA) is 26.3 Å². The molecule has 0 saturated carbocycles. The van der Waals surface area contributed by atoms with Crippen LogP contribution in [0.1, 0.15) is 50.7 Å². The van der Waals surface area contributed by atoms with Gasteiger partial charge in [-0.3, -0.25) is 4.79 Å². The molecule has 0 aromatic heterocycles. The third-order valence-electron chi connectivity index (χ3n) is 4.27. The van der Waals surface area contributed by atoms with Crippen LogP contribution in [0.4, 0.5) is 0 Å². The van der Waals surface area contributed by atoms with Gasteiger partial charge in [-0.1, -0.05) is 48.5 Å². The van der Waals surface area contributed by atoms with Gasteiger partial charge >= 0.3 is 5.97 Å². The highest BCUT2D eigenvalue weighted by atomic mass is 16.6. The van der Waals surface area contributed by atoms with Crippen molar-refractivity contribution >= 4 is 5.97 Å². The zero-order chi connectivity index (χ0) is 16.4. The summed E-state index contributed by atoms with van der Waals surface area (Å²) >= 11 is 0. The maximum absolute atomic E-state index is 12.7. The van der Waals surface area contributed by atoms with Crippen molar-refractivity contribution in [1.29, 1.82) is 0 Å². The van der Waals surface area contributed by atoms with Crippen LogP contribution in [0.5, 0.6) is 0 Å². The predicted octanol–water partition coefficient (Wildman–Crippen LogP) is 5.12. The van der Waals surface area contributed by atoms with Gasteiger partial charge in [0.1, 0.15) is 5.60 Å². The molecule has 1 aliphatic carbocycles. The van der Waals surface area contributed by atoms with E-state index in [2.05, 4.69) is 36.4 Å². The number of carbonyl (C=O) groups is 1. The first-order chi connectivity index (χ1) is 11.0. The summed E-state index contributed by atoms with van der Waals surface area (Å²) < 4.78 is 5.68. The van der Waals surface area contributed by atoms with E-state index in [4.69, 9.17) is 4.74 Å². The number of hydrogen-bond donors (Lipinski definition) is 0. The van der Waals surface area contributed by atoms with E-state index in [0.717, 1.165) is 24.8 Å². The number of benzene rings is 2.